The lowest BCUT2D eigenvalue weighted by molar-refractivity contribution is -0.143. The van der Waals surface area contributed by atoms with Crippen molar-refractivity contribution >= 4 is 89.3 Å². The number of anilines is 2. The number of rotatable bonds is 23. The molecule has 2 atom stereocenters. The van der Waals surface area contributed by atoms with Gasteiger partial charge >= 0.3 is 30.3 Å². The molecular weight excluding hydrogens is 1170 g/mol. The maximum Gasteiger partial charge on any atom is 0.434 e. The average Bonchev–Trinajstić information content (AvgIpc) is 3.59. The van der Waals surface area contributed by atoms with Gasteiger partial charge in [0.1, 0.15) is 50.0 Å². The number of nitrogens with zero attached hydrogens (tertiary/aromatic N) is 4. The summed E-state index contributed by atoms with van der Waals surface area (Å²) in [5, 5.41) is 17.1. The van der Waals surface area contributed by atoms with Gasteiger partial charge in [-0.25, -0.2) is 51.2 Å². The third-order valence-electron chi connectivity index (χ3n) is 13.5. The number of nitrogen functional groups attached to an aromatic ring is 1. The topological polar surface area (TPSA) is 289 Å². The number of alkyl halides is 6. The summed E-state index contributed by atoms with van der Waals surface area (Å²) in [6, 6.07) is 12.3. The van der Waals surface area contributed by atoms with Gasteiger partial charge < -0.3 is 36.3 Å². The number of hydrogen-bond donors (Lipinski definition) is 5. The van der Waals surface area contributed by atoms with E-state index >= 15 is 0 Å². The highest BCUT2D eigenvalue weighted by Gasteiger charge is 2.44. The molecule has 0 saturated heterocycles. The standard InChI is InChI=1S/C26H31F3N4O5S2.C20H30N2O4S2.C6H3F3N2O2.CH4/c1-38-23(35)20(33-24(39)25(11-5-12-25)10-3-4-13-40(2,36)37)14-17-6-8-18(9-7-17)32-22(34)19-15-30-16-31-21(19)26(27,28)29;1-26-18(23)17(14-15-6-8-16(21)9-7-15)22-19(27)20(11-5-12-20)10-3-4-13-28(2,24)25;7-6(8,9)4-3(5(12)13)1-10-2-11-4;/h6-9,15-16,20H,3-5,10-14H2,1-2H3,(H,32,34)(H,33,39);6-9,17H,3-5,10-14,21H2,1-2H3,(H,22,27);1-2H,(H,12,13);1H4/t20-;17-;;/m00../s1. The number of nitrogens with one attached hydrogen (secondary N) is 3. The molecule has 0 spiro atoms. The molecule has 2 aromatic heterocycles. The molecule has 0 bridgehead atoms. The van der Waals surface area contributed by atoms with E-state index in [-0.39, 0.29) is 47.8 Å². The van der Waals surface area contributed by atoms with E-state index in [9.17, 15) is 62.4 Å². The van der Waals surface area contributed by atoms with Crippen molar-refractivity contribution in [2.45, 2.75) is 122 Å². The van der Waals surface area contributed by atoms with E-state index in [0.29, 0.717) is 59.4 Å². The first-order chi connectivity index (χ1) is 37.8. The Bertz CT molecular complexity index is 3060. The molecule has 1 amide bonds. The number of hydrogen-bond acceptors (Lipinski definition) is 17. The molecule has 2 aliphatic rings. The van der Waals surface area contributed by atoms with Crippen LogP contribution in [0.15, 0.2) is 73.6 Å². The number of unbranched alkanes of at least 4 members (excludes halogenated alkanes) is 2. The summed E-state index contributed by atoms with van der Waals surface area (Å²) in [4.78, 5) is 61.6. The molecule has 2 aromatic carbocycles. The number of methoxy groups -OCH3 is 2. The number of thiocarbonyl (C=S) groups is 2. The number of carboxylic acid groups (broad SMARTS) is 1. The van der Waals surface area contributed by atoms with Crippen molar-refractivity contribution in [1.29, 1.82) is 0 Å². The molecule has 6 N–H and O–H groups in total. The van der Waals surface area contributed by atoms with Crippen LogP contribution < -0.4 is 21.7 Å². The lowest BCUT2D eigenvalue weighted by atomic mass is 9.65. The number of carbonyl (C=O) groups is 4. The Labute approximate surface area is 483 Å². The van der Waals surface area contributed by atoms with Crippen LogP contribution >= 0.6 is 24.4 Å². The summed E-state index contributed by atoms with van der Waals surface area (Å²) in [6.45, 7) is 0. The average molecular weight is 1240 g/mol. The molecule has 452 valence electrons. The van der Waals surface area contributed by atoms with E-state index in [1.165, 1.54) is 38.9 Å². The predicted molar refractivity (Wildman–Crippen MR) is 303 cm³/mol. The van der Waals surface area contributed by atoms with Gasteiger partial charge in [0.05, 0.1) is 29.8 Å². The number of aromatic nitrogens is 4. The number of carboxylic acids is 1. The zero-order chi connectivity index (χ0) is 60.4. The highest BCUT2D eigenvalue weighted by Crippen LogP contribution is 2.47. The van der Waals surface area contributed by atoms with Crippen LogP contribution in [0.3, 0.4) is 0 Å². The van der Waals surface area contributed by atoms with Crippen LogP contribution in [0.5, 0.6) is 0 Å². The van der Waals surface area contributed by atoms with Crippen LogP contribution in [0.4, 0.5) is 37.7 Å². The van der Waals surface area contributed by atoms with Crippen LogP contribution in [-0.2, 0) is 63.9 Å². The summed E-state index contributed by atoms with van der Waals surface area (Å²) < 4.78 is 131. The molecule has 29 heteroatoms. The molecule has 19 nitrogen and oxygen atoms in total. The zero-order valence-electron chi connectivity index (χ0n) is 44.7. The smallest absolute Gasteiger partial charge is 0.434 e. The summed E-state index contributed by atoms with van der Waals surface area (Å²) in [7, 11) is -3.34. The highest BCUT2D eigenvalue weighted by atomic mass is 32.2. The minimum absolute atomic E-state index is 0. The van der Waals surface area contributed by atoms with Crippen molar-refractivity contribution in [1.82, 2.24) is 30.6 Å². The molecule has 6 rings (SSSR count). The van der Waals surface area contributed by atoms with Crippen molar-refractivity contribution in [3.8, 4) is 0 Å². The lowest BCUT2D eigenvalue weighted by Crippen LogP contribution is -2.51. The van der Waals surface area contributed by atoms with Gasteiger partial charge in [0, 0.05) is 71.5 Å². The van der Waals surface area contributed by atoms with E-state index in [2.05, 4.69) is 35.9 Å². The fourth-order valence-electron chi connectivity index (χ4n) is 8.82. The third kappa shape index (κ3) is 21.7. The van der Waals surface area contributed by atoms with E-state index < -0.39 is 84.5 Å². The van der Waals surface area contributed by atoms with E-state index in [4.69, 9.17) is 44.7 Å². The molecule has 2 saturated carbocycles. The van der Waals surface area contributed by atoms with Gasteiger partial charge in [-0.1, -0.05) is 81.8 Å². The largest absolute Gasteiger partial charge is 0.478 e. The Kier molecular flexibility index (Phi) is 26.2. The van der Waals surface area contributed by atoms with Crippen LogP contribution in [0, 0.1) is 10.8 Å². The van der Waals surface area contributed by atoms with Gasteiger partial charge in [-0.2, -0.15) is 26.3 Å². The third-order valence-corrected chi connectivity index (χ3v) is 16.7. The van der Waals surface area contributed by atoms with Gasteiger partial charge in [0.15, 0.2) is 11.4 Å². The summed E-state index contributed by atoms with van der Waals surface area (Å²) in [5.74, 6) is -3.27. The van der Waals surface area contributed by atoms with Gasteiger partial charge in [-0.3, -0.25) is 4.79 Å². The second-order valence-electron chi connectivity index (χ2n) is 19.7. The maximum atomic E-state index is 13.2. The SMILES string of the molecule is C.COC(=O)[C@H](Cc1ccc(N)cc1)NC(=S)C1(CCCCS(C)(=O)=O)CCC1.COC(=O)[C@H](Cc1ccc(NC(=O)c2cncnc2C(F)(F)F)cc1)NC(=S)C1(CCCCS(C)(=O)=O)CCC1.O=C(O)c1cncnc1C(F)(F)F. The van der Waals surface area contributed by atoms with Crippen LogP contribution in [0.1, 0.15) is 128 Å². The number of ether oxygens (including phenoxy) is 2. The number of aromatic carboxylic acids is 1. The molecule has 0 radical (unpaired) electrons. The molecule has 4 aromatic rings. The molecule has 2 aliphatic carbocycles. The molecule has 0 aliphatic heterocycles. The number of halogens is 6. The first-order valence-electron chi connectivity index (χ1n) is 25.2. The molecule has 2 heterocycles. The van der Waals surface area contributed by atoms with Crippen molar-refractivity contribution in [3.63, 3.8) is 0 Å². The van der Waals surface area contributed by atoms with Gasteiger partial charge in [0.2, 0.25) is 0 Å². The maximum absolute atomic E-state index is 13.2. The lowest BCUT2D eigenvalue weighted by Gasteiger charge is -2.43. The second-order valence-corrected chi connectivity index (χ2v) is 25.0. The Hall–Kier alpha value is -6.46. The fraction of sp³-hybridized carbons (Fsp3) is 0.509. The summed E-state index contributed by atoms with van der Waals surface area (Å²) >= 11 is 11.4. The van der Waals surface area contributed by atoms with Crippen LogP contribution in [0.25, 0.3) is 0 Å². The number of esters is 2. The van der Waals surface area contributed by atoms with E-state index in [1.807, 2.05) is 12.1 Å². The van der Waals surface area contributed by atoms with Crippen molar-refractivity contribution in [3.05, 3.63) is 107 Å². The number of sulfone groups is 2. The normalized spacial score (nSPS) is 15.0. The molecule has 0 unspecified atom stereocenters. The number of benzene rings is 2. The molecule has 2 fully saturated rings. The monoisotopic (exact) mass is 1230 g/mol. The minimum atomic E-state index is -4.82. The summed E-state index contributed by atoms with van der Waals surface area (Å²) in [5.41, 5.74) is 3.45. The molecule has 82 heavy (non-hydrogen) atoms. The number of carbonyl (C=O) groups excluding carboxylic acids is 3. The summed E-state index contributed by atoms with van der Waals surface area (Å²) in [6.07, 6.45) is 6.27. The molecular formula is C53H68F6N8O11S4. The van der Waals surface area contributed by atoms with Crippen LogP contribution in [0.2, 0.25) is 0 Å². The Morgan fingerprint density at radius 1 is 0.659 bits per heavy atom. The predicted octanol–water partition coefficient (Wildman–Crippen LogP) is 8.62. The number of amides is 1. The van der Waals surface area contributed by atoms with Crippen molar-refractivity contribution in [2.75, 3.05) is 49.3 Å². The van der Waals surface area contributed by atoms with Crippen LogP contribution in [-0.4, -0.2) is 126 Å². The van der Waals surface area contributed by atoms with E-state index in [1.54, 1.807) is 24.3 Å². The van der Waals surface area contributed by atoms with E-state index in [0.717, 1.165) is 75.9 Å². The fourth-order valence-corrected chi connectivity index (χ4v) is 11.2. The first kappa shape index (κ1) is 69.8. The quantitative estimate of drug-likeness (QED) is 0.0153. The van der Waals surface area contributed by atoms with Gasteiger partial charge in [-0.15, -0.1) is 0 Å². The number of nitrogens with two attached hydrogens (primary N) is 1. The van der Waals surface area contributed by atoms with Crippen molar-refractivity contribution in [2.24, 2.45) is 10.8 Å². The highest BCUT2D eigenvalue weighted by molar-refractivity contribution is 7.90. The Balaban J connectivity index is 0.000000362. The Morgan fingerprint density at radius 3 is 1.37 bits per heavy atom. The van der Waals surface area contributed by atoms with Crippen molar-refractivity contribution < 1.29 is 76.9 Å². The zero-order valence-corrected chi connectivity index (χ0v) is 48.0. The minimum Gasteiger partial charge on any atom is -0.478 e. The second kappa shape index (κ2) is 30.7. The van der Waals surface area contributed by atoms with Gasteiger partial charge in [-0.05, 0) is 86.8 Å². The van der Waals surface area contributed by atoms with Gasteiger partial charge in [0.25, 0.3) is 5.91 Å². The Morgan fingerprint density at radius 2 is 1.04 bits per heavy atom. The first-order valence-corrected chi connectivity index (χ1v) is 30.1.